The Kier molecular flexibility index (Phi) is 11.0. The SMILES string of the molecule is CC[C@@H]1C[C@@H]2[C@@H]3CC[C@H](CN2c2nc(S(=O)(=O)CC)nc4c(F)c(-c5cccc6ccc(F)c(C#C[Si](C(C)C)(C(C)C)C(C)C)c56)nc1c24)N3C(=O)OC(C)(C)C. The van der Waals surface area contributed by atoms with Crippen molar-refractivity contribution in [3.8, 4) is 22.7 Å². The van der Waals surface area contributed by atoms with Crippen LogP contribution in [0.2, 0.25) is 16.6 Å². The highest BCUT2D eigenvalue weighted by Gasteiger charge is 2.52. The van der Waals surface area contributed by atoms with E-state index in [2.05, 4.69) is 69.8 Å². The van der Waals surface area contributed by atoms with Crippen molar-refractivity contribution >= 4 is 51.5 Å². The second kappa shape index (κ2) is 15.1. The summed E-state index contributed by atoms with van der Waals surface area (Å²) in [5.41, 5.74) is 4.86. The number of fused-ring (bicyclic) bond motifs is 6. The van der Waals surface area contributed by atoms with Gasteiger partial charge in [-0.25, -0.2) is 36.9 Å². The molecule has 2 aromatic carbocycles. The smallest absolute Gasteiger partial charge is 0.410 e. The van der Waals surface area contributed by atoms with Gasteiger partial charge in [-0.2, -0.15) is 0 Å². The molecule has 310 valence electrons. The number of pyridine rings is 1. The van der Waals surface area contributed by atoms with Crippen LogP contribution in [-0.4, -0.2) is 78.5 Å². The summed E-state index contributed by atoms with van der Waals surface area (Å²) in [6, 6.07) is 7.76. The molecule has 2 fully saturated rings. The number of hydrogen-bond acceptors (Lipinski definition) is 8. The van der Waals surface area contributed by atoms with E-state index in [9.17, 15) is 13.2 Å². The third-order valence-corrected chi connectivity index (χ3v) is 20.8. The van der Waals surface area contributed by atoms with Crippen LogP contribution in [0.5, 0.6) is 0 Å². The van der Waals surface area contributed by atoms with Crippen molar-refractivity contribution in [1.82, 2.24) is 19.9 Å². The van der Waals surface area contributed by atoms with E-state index < -0.39 is 40.3 Å². The number of nitrogens with zero attached hydrogens (tertiary/aromatic N) is 5. The van der Waals surface area contributed by atoms with E-state index in [0.29, 0.717) is 69.2 Å². The molecule has 2 bridgehead atoms. The quantitative estimate of drug-likeness (QED) is 0.103. The molecular weight excluding hydrogens is 773 g/mol. The molecule has 2 saturated heterocycles. The van der Waals surface area contributed by atoms with E-state index in [-0.39, 0.29) is 52.7 Å². The first kappa shape index (κ1) is 42.0. The molecule has 0 aliphatic carbocycles. The molecule has 0 N–H and O–H groups in total. The van der Waals surface area contributed by atoms with Crippen molar-refractivity contribution in [3.63, 3.8) is 0 Å². The highest BCUT2D eigenvalue weighted by Crippen LogP contribution is 2.49. The molecule has 3 aliphatic heterocycles. The summed E-state index contributed by atoms with van der Waals surface area (Å²) in [5.74, 6) is 1.84. The van der Waals surface area contributed by atoms with E-state index in [1.54, 1.807) is 18.2 Å². The Bertz CT molecular complexity index is 2450. The predicted octanol–water partition coefficient (Wildman–Crippen LogP) is 10.3. The van der Waals surface area contributed by atoms with Crippen LogP contribution in [-0.2, 0) is 14.6 Å². The van der Waals surface area contributed by atoms with Crippen LogP contribution in [0.4, 0.5) is 19.4 Å². The Balaban J connectivity index is 1.50. The van der Waals surface area contributed by atoms with E-state index in [1.165, 1.54) is 13.0 Å². The number of ether oxygens (including phenoxy) is 1. The molecule has 7 rings (SSSR count). The van der Waals surface area contributed by atoms with Crippen molar-refractivity contribution in [3.05, 3.63) is 53.2 Å². The molecule has 9 nitrogen and oxygen atoms in total. The molecule has 0 saturated carbocycles. The van der Waals surface area contributed by atoms with Crippen molar-refractivity contribution in [2.75, 3.05) is 17.2 Å². The molecule has 0 unspecified atom stereocenters. The Morgan fingerprint density at radius 1 is 0.948 bits per heavy atom. The fourth-order valence-corrected chi connectivity index (χ4v) is 16.2. The van der Waals surface area contributed by atoms with Crippen LogP contribution < -0.4 is 4.90 Å². The number of anilines is 1. The molecule has 3 aliphatic rings. The maximum absolute atomic E-state index is 17.7. The Morgan fingerprint density at radius 2 is 1.64 bits per heavy atom. The average Bonchev–Trinajstić information content (AvgIpc) is 3.42. The molecule has 2 aromatic heterocycles. The molecule has 13 heteroatoms. The maximum Gasteiger partial charge on any atom is 0.410 e. The van der Waals surface area contributed by atoms with Crippen LogP contribution in [0.1, 0.15) is 119 Å². The molecule has 1 amide bonds. The van der Waals surface area contributed by atoms with Crippen LogP contribution in [0.25, 0.3) is 32.9 Å². The number of sulfone groups is 1. The highest BCUT2D eigenvalue weighted by atomic mass is 32.2. The first-order chi connectivity index (χ1) is 27.2. The number of piperazine rings is 1. The molecule has 4 atom stereocenters. The maximum atomic E-state index is 17.7. The van der Waals surface area contributed by atoms with Gasteiger partial charge in [-0.1, -0.05) is 85.6 Å². The zero-order valence-corrected chi connectivity index (χ0v) is 37.5. The highest BCUT2D eigenvalue weighted by molar-refractivity contribution is 7.91. The Hall–Kier alpha value is -4.15. The number of halogens is 2. The minimum absolute atomic E-state index is 0.0402. The first-order valence-corrected chi connectivity index (χ1v) is 24.8. The van der Waals surface area contributed by atoms with E-state index in [0.717, 1.165) is 12.8 Å². The lowest BCUT2D eigenvalue weighted by atomic mass is 9.88. The van der Waals surface area contributed by atoms with Crippen LogP contribution >= 0.6 is 0 Å². The van der Waals surface area contributed by atoms with E-state index in [4.69, 9.17) is 14.7 Å². The number of hydrogen-bond donors (Lipinski definition) is 0. The lowest BCUT2D eigenvalue weighted by molar-refractivity contribution is 0.00685. The van der Waals surface area contributed by atoms with Gasteiger partial charge >= 0.3 is 6.09 Å². The lowest BCUT2D eigenvalue weighted by Crippen LogP contribution is -2.62. The Labute approximate surface area is 343 Å². The summed E-state index contributed by atoms with van der Waals surface area (Å²) in [4.78, 5) is 32.1. The monoisotopic (exact) mass is 829 g/mol. The number of benzene rings is 2. The summed E-state index contributed by atoms with van der Waals surface area (Å²) >= 11 is 0. The van der Waals surface area contributed by atoms with Crippen molar-refractivity contribution in [2.45, 2.75) is 153 Å². The molecule has 0 radical (unpaired) electrons. The first-order valence-electron chi connectivity index (χ1n) is 20.9. The van der Waals surface area contributed by atoms with Gasteiger partial charge in [-0.3, -0.25) is 4.90 Å². The van der Waals surface area contributed by atoms with Gasteiger partial charge < -0.3 is 9.64 Å². The van der Waals surface area contributed by atoms with Crippen LogP contribution in [0.3, 0.4) is 0 Å². The third kappa shape index (κ3) is 6.85. The second-order valence-electron chi connectivity index (χ2n) is 18.3. The molecule has 0 spiro atoms. The van der Waals surface area contributed by atoms with Gasteiger partial charge in [0.15, 0.2) is 5.82 Å². The van der Waals surface area contributed by atoms with Gasteiger partial charge in [0.25, 0.3) is 0 Å². The molecular formula is C45H57F2N5O4SSi. The average molecular weight is 830 g/mol. The van der Waals surface area contributed by atoms with Gasteiger partial charge in [0, 0.05) is 23.4 Å². The summed E-state index contributed by atoms with van der Waals surface area (Å²) in [6.45, 7) is 22.7. The molecule has 5 heterocycles. The standard InChI is InChI=1S/C45H57F2N5O4SSi/c1-12-28-23-35-34-20-18-30(52(34)44(53)56-45(9,10)11)24-51(35)42-37-39(28)48-40(38(47)41(37)49-43(50-42)57(54,55)13-2)32-16-14-15-29-17-19-33(46)31(36(29)32)21-22-58(25(3)4,26(5)6)27(7)8/h14-17,19,25-28,30,34-35H,12-13,18,20,23-24H2,1-11H3/t28-,30-,34+,35-/m1/s1. The number of amides is 1. The Morgan fingerprint density at radius 3 is 2.26 bits per heavy atom. The predicted molar refractivity (Wildman–Crippen MR) is 230 cm³/mol. The van der Waals surface area contributed by atoms with Crippen molar-refractivity contribution in [1.29, 1.82) is 0 Å². The topological polar surface area (TPSA) is 106 Å². The largest absolute Gasteiger partial charge is 0.444 e. The minimum Gasteiger partial charge on any atom is -0.444 e. The van der Waals surface area contributed by atoms with Gasteiger partial charge in [0.1, 0.15) is 36.5 Å². The number of aromatic nitrogens is 3. The zero-order valence-electron chi connectivity index (χ0n) is 35.7. The van der Waals surface area contributed by atoms with Gasteiger partial charge in [0.05, 0.1) is 40.5 Å². The summed E-state index contributed by atoms with van der Waals surface area (Å²) in [7, 11) is -6.30. The lowest BCUT2D eigenvalue weighted by Gasteiger charge is -2.47. The molecule has 58 heavy (non-hydrogen) atoms. The van der Waals surface area contributed by atoms with Crippen LogP contribution in [0.15, 0.2) is 35.5 Å². The van der Waals surface area contributed by atoms with E-state index in [1.807, 2.05) is 31.7 Å². The third-order valence-electron chi connectivity index (χ3n) is 13.0. The normalized spacial score (nSPS) is 20.8. The number of rotatable bonds is 7. The fourth-order valence-electron chi connectivity index (χ4n) is 10.3. The van der Waals surface area contributed by atoms with Gasteiger partial charge in [-0.05, 0) is 74.5 Å². The number of carbonyl (C=O) groups is 1. The summed E-state index contributed by atoms with van der Waals surface area (Å²) in [6.07, 6.45) is 2.29. The minimum atomic E-state index is -4.00. The summed E-state index contributed by atoms with van der Waals surface area (Å²) < 4.78 is 67.1. The van der Waals surface area contributed by atoms with Crippen LogP contribution in [0, 0.1) is 23.1 Å². The molecule has 4 aromatic rings. The van der Waals surface area contributed by atoms with E-state index >= 15 is 8.78 Å². The number of carbonyl (C=O) groups excluding carboxylic acids is 1. The van der Waals surface area contributed by atoms with Gasteiger partial charge in [-0.15, -0.1) is 5.54 Å². The van der Waals surface area contributed by atoms with Gasteiger partial charge in [0.2, 0.25) is 15.0 Å². The zero-order chi connectivity index (χ0) is 42.2. The fraction of sp³-hybridized carbons (Fsp3) is 0.556. The summed E-state index contributed by atoms with van der Waals surface area (Å²) in [5, 5.41) is 1.06. The van der Waals surface area contributed by atoms with Crippen molar-refractivity contribution < 1.29 is 26.7 Å². The van der Waals surface area contributed by atoms with Crippen molar-refractivity contribution in [2.24, 2.45) is 0 Å². The second-order valence-corrected chi connectivity index (χ2v) is 26.1.